The molecule has 0 aliphatic heterocycles. The van der Waals surface area contributed by atoms with E-state index in [0.717, 1.165) is 10.6 Å². The summed E-state index contributed by atoms with van der Waals surface area (Å²) in [5, 5.41) is 2.81. The van der Waals surface area contributed by atoms with Crippen LogP contribution in [0.25, 0.3) is 0 Å². The Kier molecular flexibility index (Phi) is 7.41. The van der Waals surface area contributed by atoms with Crippen molar-refractivity contribution in [1.82, 2.24) is 0 Å². The van der Waals surface area contributed by atoms with E-state index in [0.29, 0.717) is 10.7 Å². The number of sulfonamides is 1. The molecular formula is C19H20ClN3O6S. The van der Waals surface area contributed by atoms with Gasteiger partial charge in [-0.1, -0.05) is 17.7 Å². The Balaban J connectivity index is 2.02. The van der Waals surface area contributed by atoms with Crippen molar-refractivity contribution in [1.29, 1.82) is 0 Å². The van der Waals surface area contributed by atoms with Gasteiger partial charge in [-0.3, -0.25) is 18.7 Å². The summed E-state index contributed by atoms with van der Waals surface area (Å²) < 4.78 is 30.0. The molecule has 0 aromatic heterocycles. The number of esters is 1. The molecule has 2 aromatic rings. The normalized spacial score (nSPS) is 12.0. The van der Waals surface area contributed by atoms with Gasteiger partial charge >= 0.3 is 5.97 Å². The first-order chi connectivity index (χ1) is 14.0. The standard InChI is InChI=1S/C19H20ClN3O6S/c1-12(19(26)22-15-8-6-13(7-9-15)18(21)25)29-17(24)11-23(30(2,27)28)16-5-3-4-14(20)10-16/h3-10,12H,11H2,1-2H3,(H2,21,25)(H,22,26). The lowest BCUT2D eigenvalue weighted by molar-refractivity contribution is -0.151. The minimum absolute atomic E-state index is 0.189. The average molecular weight is 454 g/mol. The smallest absolute Gasteiger partial charge is 0.327 e. The van der Waals surface area contributed by atoms with E-state index >= 15 is 0 Å². The van der Waals surface area contributed by atoms with Crippen LogP contribution in [0.15, 0.2) is 48.5 Å². The Labute approximate surface area is 178 Å². The molecule has 1 unspecified atom stereocenters. The molecule has 9 nitrogen and oxygen atoms in total. The van der Waals surface area contributed by atoms with Crippen molar-refractivity contribution < 1.29 is 27.5 Å². The van der Waals surface area contributed by atoms with Gasteiger partial charge in [-0.15, -0.1) is 0 Å². The fourth-order valence-electron chi connectivity index (χ4n) is 2.40. The topological polar surface area (TPSA) is 136 Å². The van der Waals surface area contributed by atoms with Crippen molar-refractivity contribution in [2.45, 2.75) is 13.0 Å². The van der Waals surface area contributed by atoms with E-state index in [1.54, 1.807) is 12.1 Å². The molecule has 2 aromatic carbocycles. The summed E-state index contributed by atoms with van der Waals surface area (Å²) in [7, 11) is -3.81. The summed E-state index contributed by atoms with van der Waals surface area (Å²) in [4.78, 5) is 35.6. The van der Waals surface area contributed by atoms with E-state index in [1.807, 2.05) is 0 Å². The lowest BCUT2D eigenvalue weighted by Gasteiger charge is -2.22. The number of hydrogen-bond acceptors (Lipinski definition) is 6. The number of nitrogens with zero attached hydrogens (tertiary/aromatic N) is 1. The molecule has 0 spiro atoms. The SMILES string of the molecule is CC(OC(=O)CN(c1cccc(Cl)c1)S(C)(=O)=O)C(=O)Nc1ccc(C(N)=O)cc1. The van der Waals surface area contributed by atoms with Gasteiger partial charge in [0.05, 0.1) is 11.9 Å². The first-order valence-electron chi connectivity index (χ1n) is 8.61. The van der Waals surface area contributed by atoms with Crippen LogP contribution in [0, 0.1) is 0 Å². The molecule has 160 valence electrons. The molecule has 0 saturated carbocycles. The van der Waals surface area contributed by atoms with Gasteiger partial charge in [0.1, 0.15) is 6.54 Å². The molecule has 0 radical (unpaired) electrons. The van der Waals surface area contributed by atoms with Crippen LogP contribution in [0.2, 0.25) is 5.02 Å². The molecule has 0 fully saturated rings. The number of ether oxygens (including phenoxy) is 1. The van der Waals surface area contributed by atoms with Crippen molar-refractivity contribution in [2.24, 2.45) is 5.73 Å². The van der Waals surface area contributed by atoms with E-state index in [2.05, 4.69) is 5.32 Å². The average Bonchev–Trinajstić information content (AvgIpc) is 2.65. The molecular weight excluding hydrogens is 434 g/mol. The van der Waals surface area contributed by atoms with Crippen molar-refractivity contribution in [2.75, 3.05) is 22.4 Å². The predicted octanol–water partition coefficient (Wildman–Crippen LogP) is 1.78. The van der Waals surface area contributed by atoms with Gasteiger partial charge in [0, 0.05) is 16.3 Å². The van der Waals surface area contributed by atoms with Crippen LogP contribution in [-0.2, 0) is 24.3 Å². The Morgan fingerprint density at radius 2 is 1.80 bits per heavy atom. The molecule has 0 bridgehead atoms. The first kappa shape index (κ1) is 23.2. The number of anilines is 2. The number of carbonyl (C=O) groups is 3. The van der Waals surface area contributed by atoms with Gasteiger partial charge in [0.2, 0.25) is 15.9 Å². The van der Waals surface area contributed by atoms with Crippen LogP contribution in [0.3, 0.4) is 0 Å². The molecule has 0 aliphatic rings. The van der Waals surface area contributed by atoms with Gasteiger partial charge in [-0.05, 0) is 49.4 Å². The van der Waals surface area contributed by atoms with Crippen LogP contribution in [0.5, 0.6) is 0 Å². The zero-order valence-corrected chi connectivity index (χ0v) is 17.7. The van der Waals surface area contributed by atoms with Crippen LogP contribution >= 0.6 is 11.6 Å². The largest absolute Gasteiger partial charge is 0.451 e. The molecule has 0 heterocycles. The van der Waals surface area contributed by atoms with Gasteiger partial charge in [0.25, 0.3) is 5.91 Å². The minimum Gasteiger partial charge on any atom is -0.451 e. The second-order valence-corrected chi connectivity index (χ2v) is 8.66. The zero-order valence-electron chi connectivity index (χ0n) is 16.2. The first-order valence-corrected chi connectivity index (χ1v) is 10.8. The quantitative estimate of drug-likeness (QED) is 0.584. The number of hydrogen-bond donors (Lipinski definition) is 2. The number of carbonyl (C=O) groups excluding carboxylic acids is 3. The van der Waals surface area contributed by atoms with E-state index < -0.39 is 40.5 Å². The number of benzene rings is 2. The van der Waals surface area contributed by atoms with Crippen molar-refractivity contribution in [3.8, 4) is 0 Å². The summed E-state index contributed by atoms with van der Waals surface area (Å²) in [6.07, 6.45) is -0.262. The van der Waals surface area contributed by atoms with Gasteiger partial charge < -0.3 is 15.8 Å². The van der Waals surface area contributed by atoms with Crippen LogP contribution in [0.4, 0.5) is 11.4 Å². The molecule has 11 heteroatoms. The Bertz CT molecular complexity index is 1060. The summed E-state index contributed by atoms with van der Waals surface area (Å²) in [6.45, 7) is 0.708. The summed E-state index contributed by atoms with van der Waals surface area (Å²) >= 11 is 5.89. The third-order valence-electron chi connectivity index (χ3n) is 3.88. The molecule has 30 heavy (non-hydrogen) atoms. The number of rotatable bonds is 8. The molecule has 2 amide bonds. The van der Waals surface area contributed by atoms with Crippen LogP contribution < -0.4 is 15.4 Å². The van der Waals surface area contributed by atoms with E-state index in [9.17, 15) is 22.8 Å². The number of nitrogens with two attached hydrogens (primary N) is 1. The second kappa shape index (κ2) is 9.59. The lowest BCUT2D eigenvalue weighted by Crippen LogP contribution is -2.38. The molecule has 3 N–H and O–H groups in total. The molecule has 2 rings (SSSR count). The molecule has 1 atom stereocenters. The third kappa shape index (κ3) is 6.46. The third-order valence-corrected chi connectivity index (χ3v) is 5.26. The molecule has 0 saturated heterocycles. The van der Waals surface area contributed by atoms with E-state index in [-0.39, 0.29) is 11.3 Å². The Hall–Kier alpha value is -3.11. The Morgan fingerprint density at radius 1 is 1.17 bits per heavy atom. The van der Waals surface area contributed by atoms with Gasteiger partial charge in [0.15, 0.2) is 6.10 Å². The summed E-state index contributed by atoms with van der Waals surface area (Å²) in [6, 6.07) is 11.8. The van der Waals surface area contributed by atoms with Gasteiger partial charge in [-0.25, -0.2) is 8.42 Å². The second-order valence-electron chi connectivity index (χ2n) is 6.31. The predicted molar refractivity (Wildman–Crippen MR) is 113 cm³/mol. The Morgan fingerprint density at radius 3 is 2.33 bits per heavy atom. The minimum atomic E-state index is -3.81. The van der Waals surface area contributed by atoms with Gasteiger partial charge in [-0.2, -0.15) is 0 Å². The number of amides is 2. The highest BCUT2D eigenvalue weighted by Crippen LogP contribution is 2.22. The lowest BCUT2D eigenvalue weighted by atomic mass is 10.2. The monoisotopic (exact) mass is 453 g/mol. The number of primary amides is 1. The van der Waals surface area contributed by atoms with Crippen LogP contribution in [-0.4, -0.2) is 45.1 Å². The maximum absolute atomic E-state index is 12.3. The summed E-state index contributed by atoms with van der Waals surface area (Å²) in [5.41, 5.74) is 5.98. The molecule has 0 aliphatic carbocycles. The highest BCUT2D eigenvalue weighted by atomic mass is 35.5. The highest BCUT2D eigenvalue weighted by Gasteiger charge is 2.25. The van der Waals surface area contributed by atoms with Crippen molar-refractivity contribution in [3.05, 3.63) is 59.1 Å². The zero-order chi connectivity index (χ0) is 22.5. The van der Waals surface area contributed by atoms with Crippen molar-refractivity contribution in [3.63, 3.8) is 0 Å². The highest BCUT2D eigenvalue weighted by molar-refractivity contribution is 7.92. The number of nitrogens with one attached hydrogen (secondary N) is 1. The van der Waals surface area contributed by atoms with E-state index in [1.165, 1.54) is 43.3 Å². The van der Waals surface area contributed by atoms with Crippen molar-refractivity contribution >= 4 is 50.8 Å². The van der Waals surface area contributed by atoms with E-state index in [4.69, 9.17) is 22.1 Å². The number of halogens is 1. The fourth-order valence-corrected chi connectivity index (χ4v) is 3.42. The van der Waals surface area contributed by atoms with Crippen LogP contribution in [0.1, 0.15) is 17.3 Å². The fraction of sp³-hybridized carbons (Fsp3) is 0.211. The summed E-state index contributed by atoms with van der Waals surface area (Å²) in [5.74, 6) is -2.17. The maximum atomic E-state index is 12.3. The maximum Gasteiger partial charge on any atom is 0.327 e.